The van der Waals surface area contributed by atoms with Gasteiger partial charge in [-0.1, -0.05) is 36.4 Å². The third kappa shape index (κ3) is 3.57. The summed E-state index contributed by atoms with van der Waals surface area (Å²) in [5.74, 6) is -0.563. The number of amides is 2. The number of hydrogen-bond donors (Lipinski definition) is 4. The van der Waals surface area contributed by atoms with E-state index in [1.807, 2.05) is 54.9 Å². The maximum atomic E-state index is 13.4. The summed E-state index contributed by atoms with van der Waals surface area (Å²) in [4.78, 5) is 33.9. The highest BCUT2D eigenvalue weighted by molar-refractivity contribution is 5.92. The first-order valence-corrected chi connectivity index (χ1v) is 10.5. The van der Waals surface area contributed by atoms with Crippen molar-refractivity contribution in [3.05, 3.63) is 72.1 Å². The molecule has 2 aromatic heterocycles. The molecule has 0 bridgehead atoms. The standard InChI is InChI=1S/C24H25N5O2/c25-23(30)22(12-16-14-28-20-8-4-2-6-18(16)20)29-10-9-26-21(24(29)31)11-15-13-27-19-7-3-1-5-17(15)19/h1-8,13-14,21-22,26-28H,9-12H2,(H2,25,30)/t21-,22-/m0/s1. The maximum absolute atomic E-state index is 13.4. The molecule has 3 heterocycles. The first kappa shape index (κ1) is 19.4. The summed E-state index contributed by atoms with van der Waals surface area (Å²) in [7, 11) is 0. The van der Waals surface area contributed by atoms with Crippen LogP contribution in [0.5, 0.6) is 0 Å². The Morgan fingerprint density at radius 1 is 1.00 bits per heavy atom. The molecular formula is C24H25N5O2. The maximum Gasteiger partial charge on any atom is 0.240 e. The van der Waals surface area contributed by atoms with E-state index >= 15 is 0 Å². The van der Waals surface area contributed by atoms with Crippen molar-refractivity contribution >= 4 is 33.6 Å². The SMILES string of the molecule is NC(=O)[C@H](Cc1c[nH]c2ccccc12)N1CCN[C@@H](Cc2c[nH]c3ccccc23)C1=O. The Balaban J connectivity index is 1.38. The average molecular weight is 415 g/mol. The van der Waals surface area contributed by atoms with Crippen molar-refractivity contribution in [1.82, 2.24) is 20.2 Å². The third-order valence-electron chi connectivity index (χ3n) is 6.22. The van der Waals surface area contributed by atoms with E-state index in [1.54, 1.807) is 4.90 Å². The Morgan fingerprint density at radius 2 is 1.61 bits per heavy atom. The van der Waals surface area contributed by atoms with Crippen LogP contribution in [0.15, 0.2) is 60.9 Å². The summed E-state index contributed by atoms with van der Waals surface area (Å²) >= 11 is 0. The molecule has 0 saturated carbocycles. The molecule has 2 amide bonds. The number of carbonyl (C=O) groups is 2. The van der Waals surface area contributed by atoms with Gasteiger partial charge in [-0.15, -0.1) is 0 Å². The van der Waals surface area contributed by atoms with E-state index in [0.29, 0.717) is 25.9 Å². The fourth-order valence-corrected chi connectivity index (χ4v) is 4.62. The van der Waals surface area contributed by atoms with Crippen LogP contribution in [-0.4, -0.2) is 51.9 Å². The minimum atomic E-state index is -0.681. The molecule has 5 rings (SSSR count). The summed E-state index contributed by atoms with van der Waals surface area (Å²) in [5.41, 5.74) is 9.89. The second-order valence-electron chi connectivity index (χ2n) is 8.08. The lowest BCUT2D eigenvalue weighted by atomic mass is 9.98. The number of para-hydroxylation sites is 2. The molecule has 1 saturated heterocycles. The number of nitrogens with one attached hydrogen (secondary N) is 3. The van der Waals surface area contributed by atoms with Crippen molar-refractivity contribution in [2.45, 2.75) is 24.9 Å². The topological polar surface area (TPSA) is 107 Å². The molecule has 0 unspecified atom stereocenters. The van der Waals surface area contributed by atoms with Crippen molar-refractivity contribution in [2.24, 2.45) is 5.73 Å². The zero-order valence-corrected chi connectivity index (χ0v) is 17.1. The van der Waals surface area contributed by atoms with E-state index in [4.69, 9.17) is 5.73 Å². The number of hydrogen-bond acceptors (Lipinski definition) is 3. The number of benzene rings is 2. The van der Waals surface area contributed by atoms with Crippen LogP contribution in [0.3, 0.4) is 0 Å². The molecule has 5 N–H and O–H groups in total. The molecule has 2 atom stereocenters. The van der Waals surface area contributed by atoms with Crippen LogP contribution in [0.4, 0.5) is 0 Å². The van der Waals surface area contributed by atoms with Gasteiger partial charge in [0, 0.05) is 53.7 Å². The highest BCUT2D eigenvalue weighted by Crippen LogP contribution is 2.23. The number of rotatable bonds is 6. The van der Waals surface area contributed by atoms with Gasteiger partial charge in [0.15, 0.2) is 0 Å². The van der Waals surface area contributed by atoms with Crippen LogP contribution >= 0.6 is 0 Å². The van der Waals surface area contributed by atoms with Gasteiger partial charge >= 0.3 is 0 Å². The fourth-order valence-electron chi connectivity index (χ4n) is 4.62. The van der Waals surface area contributed by atoms with Gasteiger partial charge < -0.3 is 25.9 Å². The Labute approximate surface area is 179 Å². The summed E-state index contributed by atoms with van der Waals surface area (Å²) in [6.45, 7) is 1.08. The Bertz CT molecular complexity index is 1260. The molecule has 7 nitrogen and oxygen atoms in total. The molecule has 0 aliphatic carbocycles. The average Bonchev–Trinajstić information content (AvgIpc) is 3.38. The van der Waals surface area contributed by atoms with Crippen LogP contribution in [-0.2, 0) is 22.4 Å². The molecule has 4 aromatic rings. The Kier molecular flexibility index (Phi) is 4.95. The largest absolute Gasteiger partial charge is 0.368 e. The van der Waals surface area contributed by atoms with Crippen molar-refractivity contribution in [2.75, 3.05) is 13.1 Å². The normalized spacial score (nSPS) is 18.0. The Hall–Kier alpha value is -3.58. The van der Waals surface area contributed by atoms with Crippen LogP contribution < -0.4 is 11.1 Å². The molecule has 1 fully saturated rings. The van der Waals surface area contributed by atoms with Gasteiger partial charge in [-0.2, -0.15) is 0 Å². The molecule has 31 heavy (non-hydrogen) atoms. The van der Waals surface area contributed by atoms with E-state index in [9.17, 15) is 9.59 Å². The van der Waals surface area contributed by atoms with Crippen molar-refractivity contribution in [3.8, 4) is 0 Å². The molecule has 7 heteroatoms. The van der Waals surface area contributed by atoms with Crippen molar-refractivity contribution in [3.63, 3.8) is 0 Å². The van der Waals surface area contributed by atoms with Gasteiger partial charge in [-0.25, -0.2) is 0 Å². The quantitative estimate of drug-likeness (QED) is 0.387. The van der Waals surface area contributed by atoms with Crippen molar-refractivity contribution in [1.29, 1.82) is 0 Å². The van der Waals surface area contributed by atoms with E-state index in [2.05, 4.69) is 21.4 Å². The van der Waals surface area contributed by atoms with Crippen LogP contribution in [0.25, 0.3) is 21.8 Å². The number of nitrogens with zero attached hydrogens (tertiary/aromatic N) is 1. The predicted octanol–water partition coefficient (Wildman–Crippen LogP) is 2.09. The lowest BCUT2D eigenvalue weighted by molar-refractivity contribution is -0.143. The number of H-pyrrole nitrogens is 2. The lowest BCUT2D eigenvalue weighted by Gasteiger charge is -2.37. The van der Waals surface area contributed by atoms with E-state index in [1.165, 1.54) is 0 Å². The van der Waals surface area contributed by atoms with Crippen molar-refractivity contribution < 1.29 is 9.59 Å². The highest BCUT2D eigenvalue weighted by Gasteiger charge is 2.36. The molecule has 0 radical (unpaired) electrons. The molecule has 1 aliphatic rings. The summed E-state index contributed by atoms with van der Waals surface area (Å²) < 4.78 is 0. The van der Waals surface area contributed by atoms with Crippen LogP contribution in [0, 0.1) is 0 Å². The number of aromatic amines is 2. The van der Waals surface area contributed by atoms with E-state index in [0.717, 1.165) is 32.9 Å². The lowest BCUT2D eigenvalue weighted by Crippen LogP contribution is -2.61. The zero-order valence-electron chi connectivity index (χ0n) is 17.1. The third-order valence-corrected chi connectivity index (χ3v) is 6.22. The monoisotopic (exact) mass is 415 g/mol. The van der Waals surface area contributed by atoms with E-state index < -0.39 is 18.0 Å². The van der Waals surface area contributed by atoms with Gasteiger partial charge in [0.05, 0.1) is 6.04 Å². The first-order valence-electron chi connectivity index (χ1n) is 10.5. The summed E-state index contributed by atoms with van der Waals surface area (Å²) in [5, 5.41) is 5.48. The van der Waals surface area contributed by atoms with Gasteiger partial charge in [-0.05, 0) is 29.7 Å². The number of nitrogens with two attached hydrogens (primary N) is 1. The van der Waals surface area contributed by atoms with E-state index in [-0.39, 0.29) is 5.91 Å². The minimum absolute atomic E-state index is 0.0832. The van der Waals surface area contributed by atoms with Gasteiger partial charge in [-0.3, -0.25) is 9.59 Å². The number of fused-ring (bicyclic) bond motifs is 2. The Morgan fingerprint density at radius 3 is 2.29 bits per heavy atom. The number of primary amides is 1. The van der Waals surface area contributed by atoms with Crippen LogP contribution in [0.2, 0.25) is 0 Å². The number of aromatic nitrogens is 2. The molecular weight excluding hydrogens is 390 g/mol. The molecule has 2 aromatic carbocycles. The van der Waals surface area contributed by atoms with Gasteiger partial charge in [0.25, 0.3) is 0 Å². The van der Waals surface area contributed by atoms with Gasteiger partial charge in [0.2, 0.25) is 11.8 Å². The number of carbonyl (C=O) groups excluding carboxylic acids is 2. The minimum Gasteiger partial charge on any atom is -0.368 e. The summed E-state index contributed by atoms with van der Waals surface area (Å²) in [6, 6.07) is 14.9. The first-order chi connectivity index (χ1) is 15.1. The number of piperazine rings is 1. The van der Waals surface area contributed by atoms with Gasteiger partial charge in [0.1, 0.15) is 6.04 Å². The molecule has 158 valence electrons. The second-order valence-corrected chi connectivity index (χ2v) is 8.08. The second kappa shape index (κ2) is 7.92. The molecule has 0 spiro atoms. The fraction of sp³-hybridized carbons (Fsp3) is 0.250. The zero-order chi connectivity index (χ0) is 21.4. The van der Waals surface area contributed by atoms with Crippen LogP contribution in [0.1, 0.15) is 11.1 Å². The highest BCUT2D eigenvalue weighted by atomic mass is 16.2. The smallest absolute Gasteiger partial charge is 0.240 e. The predicted molar refractivity (Wildman–Crippen MR) is 120 cm³/mol. The molecule has 1 aliphatic heterocycles. The summed E-state index contributed by atoms with van der Waals surface area (Å²) in [6.07, 6.45) is 4.80.